The molecule has 0 bridgehead atoms. The van der Waals surface area contributed by atoms with E-state index in [1.54, 1.807) is 24.1 Å². The summed E-state index contributed by atoms with van der Waals surface area (Å²) in [7, 11) is -1.99. The van der Waals surface area contributed by atoms with E-state index in [1.807, 2.05) is 13.8 Å². The van der Waals surface area contributed by atoms with Crippen molar-refractivity contribution in [3.05, 3.63) is 70.8 Å². The van der Waals surface area contributed by atoms with Crippen LogP contribution in [-0.2, 0) is 17.1 Å². The van der Waals surface area contributed by atoms with Crippen LogP contribution in [0.15, 0.2) is 53.6 Å². The molecular weight excluding hydrogens is 478 g/mol. The van der Waals surface area contributed by atoms with Crippen LogP contribution in [0.2, 0.25) is 0 Å². The van der Waals surface area contributed by atoms with E-state index in [2.05, 4.69) is 9.82 Å². The SMILES string of the molecule is CCS(=O)(=O)Nc1ccc(Oc2ccc(F)cc2F)c(-c2cn(C)c(=O)c3c2cnn3C(C)C)c1. The molecule has 1 N–H and O–H groups in total. The number of fused-ring (bicyclic) bond motifs is 1. The van der Waals surface area contributed by atoms with Crippen LogP contribution in [0.1, 0.15) is 26.8 Å². The fourth-order valence-electron chi connectivity index (χ4n) is 3.69. The molecule has 0 amide bonds. The number of nitrogens with one attached hydrogen (secondary N) is 1. The third-order valence-corrected chi connectivity index (χ3v) is 6.76. The molecule has 0 aliphatic carbocycles. The van der Waals surface area contributed by atoms with E-state index in [4.69, 9.17) is 4.74 Å². The molecule has 184 valence electrons. The Labute approximate surface area is 200 Å². The van der Waals surface area contributed by atoms with E-state index >= 15 is 0 Å². The monoisotopic (exact) mass is 502 g/mol. The van der Waals surface area contributed by atoms with Crippen molar-refractivity contribution in [3.8, 4) is 22.6 Å². The highest BCUT2D eigenvalue weighted by Gasteiger charge is 2.20. The van der Waals surface area contributed by atoms with Crippen LogP contribution in [0.25, 0.3) is 22.0 Å². The molecule has 0 aliphatic rings. The van der Waals surface area contributed by atoms with Crippen LogP contribution in [-0.4, -0.2) is 28.5 Å². The number of anilines is 1. The summed E-state index contributed by atoms with van der Waals surface area (Å²) in [6, 6.07) is 7.33. The number of sulfonamides is 1. The average Bonchev–Trinajstić information content (AvgIpc) is 3.25. The molecular formula is C24H24F2N4O4S. The topological polar surface area (TPSA) is 95.2 Å². The third kappa shape index (κ3) is 4.76. The summed E-state index contributed by atoms with van der Waals surface area (Å²) >= 11 is 0. The van der Waals surface area contributed by atoms with Gasteiger partial charge in [-0.1, -0.05) is 0 Å². The van der Waals surface area contributed by atoms with Gasteiger partial charge >= 0.3 is 0 Å². The van der Waals surface area contributed by atoms with Crippen molar-refractivity contribution in [1.29, 1.82) is 0 Å². The highest BCUT2D eigenvalue weighted by molar-refractivity contribution is 7.92. The predicted molar refractivity (Wildman–Crippen MR) is 130 cm³/mol. The number of hydrogen-bond donors (Lipinski definition) is 1. The summed E-state index contributed by atoms with van der Waals surface area (Å²) in [6.45, 7) is 5.30. The van der Waals surface area contributed by atoms with Gasteiger partial charge in [-0.05, 0) is 51.1 Å². The molecule has 2 aromatic carbocycles. The van der Waals surface area contributed by atoms with Gasteiger partial charge in [0.05, 0.1) is 11.9 Å². The van der Waals surface area contributed by atoms with Gasteiger partial charge in [-0.2, -0.15) is 5.10 Å². The summed E-state index contributed by atoms with van der Waals surface area (Å²) in [4.78, 5) is 12.9. The fraction of sp³-hybridized carbons (Fsp3) is 0.250. The second-order valence-electron chi connectivity index (χ2n) is 8.30. The second-order valence-corrected chi connectivity index (χ2v) is 10.3. The van der Waals surface area contributed by atoms with E-state index in [1.165, 1.54) is 29.7 Å². The summed E-state index contributed by atoms with van der Waals surface area (Å²) < 4.78 is 63.4. The zero-order valence-corrected chi connectivity index (χ0v) is 20.4. The Bertz CT molecular complexity index is 1590. The lowest BCUT2D eigenvalue weighted by Crippen LogP contribution is -2.20. The molecule has 0 fully saturated rings. The lowest BCUT2D eigenvalue weighted by molar-refractivity contribution is 0.439. The first-order chi connectivity index (χ1) is 16.5. The predicted octanol–water partition coefficient (Wildman–Crippen LogP) is 4.82. The van der Waals surface area contributed by atoms with Gasteiger partial charge in [-0.3, -0.25) is 14.2 Å². The van der Waals surface area contributed by atoms with Gasteiger partial charge in [0, 0.05) is 47.6 Å². The highest BCUT2D eigenvalue weighted by atomic mass is 32.2. The first-order valence-electron chi connectivity index (χ1n) is 10.9. The van der Waals surface area contributed by atoms with Crippen molar-refractivity contribution < 1.29 is 21.9 Å². The fourth-order valence-corrected chi connectivity index (χ4v) is 4.32. The molecule has 2 heterocycles. The van der Waals surface area contributed by atoms with E-state index in [0.717, 1.165) is 12.1 Å². The van der Waals surface area contributed by atoms with Crippen molar-refractivity contribution in [2.75, 3.05) is 10.5 Å². The van der Waals surface area contributed by atoms with Crippen LogP contribution in [0.4, 0.5) is 14.5 Å². The molecule has 4 rings (SSSR count). The summed E-state index contributed by atoms with van der Waals surface area (Å²) in [6.07, 6.45) is 3.13. The highest BCUT2D eigenvalue weighted by Crippen LogP contribution is 2.39. The third-order valence-electron chi connectivity index (χ3n) is 5.46. The number of pyridine rings is 1. The summed E-state index contributed by atoms with van der Waals surface area (Å²) in [5, 5.41) is 4.88. The molecule has 0 saturated carbocycles. The number of rotatable bonds is 7. The van der Waals surface area contributed by atoms with Gasteiger partial charge in [0.25, 0.3) is 5.56 Å². The van der Waals surface area contributed by atoms with Crippen molar-refractivity contribution in [2.45, 2.75) is 26.8 Å². The number of aromatic nitrogens is 3. The Morgan fingerprint density at radius 2 is 1.80 bits per heavy atom. The van der Waals surface area contributed by atoms with Crippen LogP contribution >= 0.6 is 0 Å². The molecule has 2 aromatic heterocycles. The van der Waals surface area contributed by atoms with Gasteiger partial charge in [-0.25, -0.2) is 17.2 Å². The molecule has 0 unspecified atom stereocenters. The van der Waals surface area contributed by atoms with Crippen molar-refractivity contribution in [1.82, 2.24) is 14.3 Å². The van der Waals surface area contributed by atoms with Gasteiger partial charge in [0.2, 0.25) is 10.0 Å². The van der Waals surface area contributed by atoms with Crippen molar-refractivity contribution in [3.63, 3.8) is 0 Å². The first-order valence-corrected chi connectivity index (χ1v) is 12.5. The Balaban J connectivity index is 1.97. The van der Waals surface area contributed by atoms with Gasteiger partial charge < -0.3 is 9.30 Å². The molecule has 0 radical (unpaired) electrons. The molecule has 0 aliphatic heterocycles. The Morgan fingerprint density at radius 3 is 2.46 bits per heavy atom. The number of ether oxygens (including phenoxy) is 1. The zero-order valence-electron chi connectivity index (χ0n) is 19.5. The molecule has 8 nitrogen and oxygen atoms in total. The molecule has 0 saturated heterocycles. The van der Waals surface area contributed by atoms with E-state index in [-0.39, 0.29) is 34.5 Å². The second kappa shape index (κ2) is 9.14. The van der Waals surface area contributed by atoms with Crippen molar-refractivity contribution in [2.24, 2.45) is 7.05 Å². The van der Waals surface area contributed by atoms with E-state index in [9.17, 15) is 22.0 Å². The maximum absolute atomic E-state index is 14.4. The average molecular weight is 503 g/mol. The number of benzene rings is 2. The van der Waals surface area contributed by atoms with Crippen LogP contribution < -0.4 is 15.0 Å². The Morgan fingerprint density at radius 1 is 1.09 bits per heavy atom. The van der Waals surface area contributed by atoms with Gasteiger partial charge in [0.1, 0.15) is 17.1 Å². The van der Waals surface area contributed by atoms with Crippen LogP contribution in [0, 0.1) is 11.6 Å². The number of aryl methyl sites for hydroxylation is 1. The minimum Gasteiger partial charge on any atom is -0.454 e. The lowest BCUT2D eigenvalue weighted by atomic mass is 10.0. The molecule has 0 spiro atoms. The molecule has 11 heteroatoms. The molecule has 35 heavy (non-hydrogen) atoms. The van der Waals surface area contributed by atoms with E-state index in [0.29, 0.717) is 28.1 Å². The zero-order chi connectivity index (χ0) is 25.5. The van der Waals surface area contributed by atoms with Crippen LogP contribution in [0.5, 0.6) is 11.5 Å². The molecule has 0 atom stereocenters. The van der Waals surface area contributed by atoms with Crippen molar-refractivity contribution >= 4 is 26.6 Å². The molecule has 4 aromatic rings. The maximum atomic E-state index is 14.4. The van der Waals surface area contributed by atoms with Gasteiger partial charge in [0.15, 0.2) is 11.6 Å². The minimum atomic E-state index is -3.58. The normalized spacial score (nSPS) is 11.9. The first kappa shape index (κ1) is 24.4. The van der Waals surface area contributed by atoms with E-state index < -0.39 is 21.7 Å². The Kier molecular flexibility index (Phi) is 6.37. The number of halogens is 2. The number of nitrogens with zero attached hydrogens (tertiary/aromatic N) is 3. The smallest absolute Gasteiger partial charge is 0.276 e. The largest absolute Gasteiger partial charge is 0.454 e. The summed E-state index contributed by atoms with van der Waals surface area (Å²) in [5.41, 5.74) is 1.26. The van der Waals surface area contributed by atoms with Gasteiger partial charge in [-0.15, -0.1) is 0 Å². The Hall–Kier alpha value is -3.73. The quantitative estimate of drug-likeness (QED) is 0.391. The standard InChI is InChI=1S/C24H24F2N4O4S/c1-5-35(32,33)28-16-7-9-21(34-22-8-6-15(25)10-20(22)26)17(11-16)19-13-29(4)24(31)23-18(19)12-27-30(23)14(2)3/h6-14,28H,5H2,1-4H3. The summed E-state index contributed by atoms with van der Waals surface area (Å²) in [5.74, 6) is -1.82. The maximum Gasteiger partial charge on any atom is 0.276 e. The number of hydrogen-bond acceptors (Lipinski definition) is 5. The minimum absolute atomic E-state index is 0.0952. The van der Waals surface area contributed by atoms with Crippen LogP contribution in [0.3, 0.4) is 0 Å². The lowest BCUT2D eigenvalue weighted by Gasteiger charge is -2.16.